The second-order valence-electron chi connectivity index (χ2n) is 11.9. The van der Waals surface area contributed by atoms with E-state index in [9.17, 15) is 42.3 Å². The van der Waals surface area contributed by atoms with Gasteiger partial charge in [0.2, 0.25) is 11.7 Å². The summed E-state index contributed by atoms with van der Waals surface area (Å²) in [6, 6.07) is 2.76. The number of halogens is 3. The van der Waals surface area contributed by atoms with Crippen LogP contribution in [0.4, 0.5) is 30.4 Å². The molecule has 0 saturated heterocycles. The molecule has 16 nitrogen and oxygen atoms in total. The maximum absolute atomic E-state index is 13.0. The number of aromatic carboxylic acids is 1. The molecule has 1 fully saturated rings. The summed E-state index contributed by atoms with van der Waals surface area (Å²) >= 11 is 0. The number of nitrogens with zero attached hydrogens (tertiary/aromatic N) is 6. The number of imidazole rings is 2. The van der Waals surface area contributed by atoms with Gasteiger partial charge in [-0.05, 0) is 25.0 Å². The summed E-state index contributed by atoms with van der Waals surface area (Å²) in [5.41, 5.74) is 0.631. The third-order valence-corrected chi connectivity index (χ3v) is 8.04. The zero-order chi connectivity index (χ0) is 36.2. The molecular weight excluding hydrogens is 665 g/mol. The Bertz CT molecular complexity index is 1910. The van der Waals surface area contributed by atoms with Gasteiger partial charge in [0.05, 0.1) is 11.4 Å². The van der Waals surface area contributed by atoms with Gasteiger partial charge >= 0.3 is 12.1 Å². The molecule has 4 amide bonds. The molecular formula is C31H35F3N10O6. The fourth-order valence-corrected chi connectivity index (χ4v) is 5.77. The molecule has 0 unspecified atom stereocenters. The van der Waals surface area contributed by atoms with E-state index in [4.69, 9.17) is 0 Å². The molecule has 0 spiro atoms. The van der Waals surface area contributed by atoms with E-state index in [2.05, 4.69) is 31.2 Å². The minimum atomic E-state index is -4.56. The lowest BCUT2D eigenvalue weighted by atomic mass is 9.95. The van der Waals surface area contributed by atoms with E-state index >= 15 is 0 Å². The van der Waals surface area contributed by atoms with E-state index in [1.807, 2.05) is 0 Å². The number of hydrogen-bond donors (Lipinski definition) is 5. The van der Waals surface area contributed by atoms with Crippen LogP contribution in [-0.4, -0.2) is 75.7 Å². The molecule has 4 aromatic rings. The summed E-state index contributed by atoms with van der Waals surface area (Å²) in [5, 5.41) is 19.9. The average molecular weight is 701 g/mol. The van der Waals surface area contributed by atoms with Crippen LogP contribution in [0.2, 0.25) is 0 Å². The van der Waals surface area contributed by atoms with Gasteiger partial charge in [0.25, 0.3) is 17.7 Å². The maximum atomic E-state index is 13.0. The van der Waals surface area contributed by atoms with E-state index in [-0.39, 0.29) is 47.7 Å². The SMILES string of the molecule is Cn1cc(NC(=O)c2nccn2CC(F)(F)F)cc1C(=O)NCCC(=O)Nc1cn(C)c(C(=O)Nc2cc(C(=O)O)n(C3CCCCC3)c2)n1. The molecule has 4 aromatic heterocycles. The lowest BCUT2D eigenvalue weighted by molar-refractivity contribution is -0.140. The van der Waals surface area contributed by atoms with E-state index in [1.165, 1.54) is 40.7 Å². The van der Waals surface area contributed by atoms with Crippen molar-refractivity contribution in [2.45, 2.75) is 57.3 Å². The predicted molar refractivity (Wildman–Crippen MR) is 172 cm³/mol. The minimum Gasteiger partial charge on any atom is -0.477 e. The van der Waals surface area contributed by atoms with Crippen molar-refractivity contribution in [3.63, 3.8) is 0 Å². The fourth-order valence-electron chi connectivity index (χ4n) is 5.77. The monoisotopic (exact) mass is 700 g/mol. The summed E-state index contributed by atoms with van der Waals surface area (Å²) in [4.78, 5) is 70.6. The Kier molecular flexibility index (Phi) is 10.4. The normalized spacial score (nSPS) is 13.5. The molecule has 0 bridgehead atoms. The quantitative estimate of drug-likeness (QED) is 0.147. The summed E-state index contributed by atoms with van der Waals surface area (Å²) in [6.45, 7) is -1.48. The zero-order valence-electron chi connectivity index (χ0n) is 27.1. The third kappa shape index (κ3) is 8.58. The van der Waals surface area contributed by atoms with Gasteiger partial charge in [-0.2, -0.15) is 13.2 Å². The molecule has 1 saturated carbocycles. The first kappa shape index (κ1) is 35.4. The number of carbonyl (C=O) groups is 5. The molecule has 1 aliphatic carbocycles. The van der Waals surface area contributed by atoms with Crippen molar-refractivity contribution in [3.8, 4) is 0 Å². The van der Waals surface area contributed by atoms with Crippen LogP contribution in [0.1, 0.15) is 86.8 Å². The number of anilines is 3. The first-order valence-electron chi connectivity index (χ1n) is 15.6. The number of hydrogen-bond acceptors (Lipinski definition) is 7. The summed E-state index contributed by atoms with van der Waals surface area (Å²) in [5.74, 6) is -4.11. The number of rotatable bonds is 12. The van der Waals surface area contributed by atoms with E-state index in [1.54, 1.807) is 17.8 Å². The van der Waals surface area contributed by atoms with Gasteiger partial charge in [-0.15, -0.1) is 0 Å². The molecule has 5 N–H and O–H groups in total. The van der Waals surface area contributed by atoms with Gasteiger partial charge in [-0.25, -0.2) is 14.8 Å². The molecule has 4 heterocycles. The number of aromatic nitrogens is 6. The fraction of sp³-hybridized carbons (Fsp3) is 0.387. The lowest BCUT2D eigenvalue weighted by Gasteiger charge is -2.24. The number of alkyl halides is 3. The number of amides is 4. The Morgan fingerprint density at radius 3 is 2.20 bits per heavy atom. The first-order chi connectivity index (χ1) is 23.7. The van der Waals surface area contributed by atoms with Crippen molar-refractivity contribution in [3.05, 3.63) is 66.2 Å². The van der Waals surface area contributed by atoms with Crippen LogP contribution < -0.4 is 21.3 Å². The predicted octanol–water partition coefficient (Wildman–Crippen LogP) is 3.79. The Hall–Kier alpha value is -5.88. The smallest absolute Gasteiger partial charge is 0.406 e. The van der Waals surface area contributed by atoms with Crippen molar-refractivity contribution < 1.29 is 42.3 Å². The highest BCUT2D eigenvalue weighted by atomic mass is 19.4. The molecule has 0 aromatic carbocycles. The van der Waals surface area contributed by atoms with Gasteiger partial charge in [0, 0.05) is 64.1 Å². The molecule has 0 aliphatic heterocycles. The third-order valence-electron chi connectivity index (χ3n) is 8.04. The molecule has 19 heteroatoms. The van der Waals surface area contributed by atoms with E-state index in [0.717, 1.165) is 44.5 Å². The van der Waals surface area contributed by atoms with Crippen LogP contribution >= 0.6 is 0 Å². The average Bonchev–Trinajstić information content (AvgIpc) is 3.83. The van der Waals surface area contributed by atoms with Crippen LogP contribution in [0.5, 0.6) is 0 Å². The van der Waals surface area contributed by atoms with Gasteiger partial charge in [-0.3, -0.25) is 19.2 Å². The molecule has 50 heavy (non-hydrogen) atoms. The molecule has 1 aliphatic rings. The molecule has 266 valence electrons. The highest BCUT2D eigenvalue weighted by Crippen LogP contribution is 2.31. The topological polar surface area (TPSA) is 199 Å². The largest absolute Gasteiger partial charge is 0.477 e. The van der Waals surface area contributed by atoms with E-state index in [0.29, 0.717) is 10.3 Å². The summed E-state index contributed by atoms with van der Waals surface area (Å²) in [7, 11) is 3.08. The van der Waals surface area contributed by atoms with Gasteiger partial charge in [-0.1, -0.05) is 19.3 Å². The standard InChI is InChI=1S/C31H35F3N10O6/c1-41-14-18(37-28(47)25-35-10-11-43(25)17-31(32,33)34)12-21(41)27(46)36-9-8-24(45)39-23-16-42(2)26(40-23)29(48)38-19-13-22(30(49)50)44(15-19)20-6-4-3-5-7-20/h10-16,20H,3-9,17H2,1-2H3,(H,36,46)(H,37,47)(H,38,48)(H,39,45)(H,49,50). The second-order valence-corrected chi connectivity index (χ2v) is 11.9. The van der Waals surface area contributed by atoms with Crippen molar-refractivity contribution >= 4 is 46.8 Å². The Morgan fingerprint density at radius 2 is 1.52 bits per heavy atom. The number of carbonyl (C=O) groups excluding carboxylic acids is 4. The van der Waals surface area contributed by atoms with Crippen molar-refractivity contribution in [1.82, 2.24) is 33.6 Å². The Morgan fingerprint density at radius 1 is 0.860 bits per heavy atom. The Balaban J connectivity index is 1.11. The molecule has 5 rings (SSSR count). The van der Waals surface area contributed by atoms with E-state index < -0.39 is 48.1 Å². The highest BCUT2D eigenvalue weighted by molar-refractivity contribution is 6.04. The number of carboxylic acid groups (broad SMARTS) is 1. The maximum Gasteiger partial charge on any atom is 0.406 e. The van der Waals surface area contributed by atoms with Crippen molar-refractivity contribution in [2.75, 3.05) is 22.5 Å². The van der Waals surface area contributed by atoms with Gasteiger partial charge in [0.1, 0.15) is 17.9 Å². The van der Waals surface area contributed by atoms with Crippen molar-refractivity contribution in [2.24, 2.45) is 14.1 Å². The van der Waals surface area contributed by atoms with Crippen LogP contribution in [0, 0.1) is 0 Å². The summed E-state index contributed by atoms with van der Waals surface area (Å²) < 4.78 is 43.5. The number of nitrogens with one attached hydrogen (secondary N) is 4. The first-order valence-corrected chi connectivity index (χ1v) is 15.6. The van der Waals surface area contributed by atoms with Gasteiger partial charge < -0.3 is 44.6 Å². The second kappa shape index (κ2) is 14.7. The van der Waals surface area contributed by atoms with Crippen LogP contribution in [0.3, 0.4) is 0 Å². The highest BCUT2D eigenvalue weighted by Gasteiger charge is 2.30. The van der Waals surface area contributed by atoms with Crippen LogP contribution in [0.15, 0.2) is 43.1 Å². The molecule has 0 atom stereocenters. The number of aryl methyl sites for hydroxylation is 2. The number of carboxylic acids is 1. The van der Waals surface area contributed by atoms with Crippen LogP contribution in [-0.2, 0) is 25.4 Å². The van der Waals surface area contributed by atoms with Gasteiger partial charge in [0.15, 0.2) is 11.6 Å². The van der Waals surface area contributed by atoms with Crippen molar-refractivity contribution in [1.29, 1.82) is 0 Å². The molecule has 0 radical (unpaired) electrons. The lowest BCUT2D eigenvalue weighted by Crippen LogP contribution is -2.29. The summed E-state index contributed by atoms with van der Waals surface area (Å²) in [6.07, 6.45) is 6.64. The Labute approximate surface area is 282 Å². The van der Waals surface area contributed by atoms with Crippen LogP contribution in [0.25, 0.3) is 0 Å². The zero-order valence-corrected chi connectivity index (χ0v) is 27.1. The minimum absolute atomic E-state index is 0.0353.